The van der Waals surface area contributed by atoms with Gasteiger partial charge in [0.15, 0.2) is 0 Å². The highest BCUT2D eigenvalue weighted by Crippen LogP contribution is 2.34. The van der Waals surface area contributed by atoms with Crippen molar-refractivity contribution in [2.24, 2.45) is 0 Å². The Hall–Kier alpha value is -1.26. The van der Waals surface area contributed by atoms with E-state index in [1.807, 2.05) is 29.2 Å². The fourth-order valence-electron chi connectivity index (χ4n) is 3.62. The summed E-state index contributed by atoms with van der Waals surface area (Å²) in [4.78, 5) is 15.7. The molecule has 5 heteroatoms. The van der Waals surface area contributed by atoms with Gasteiger partial charge in [-0.2, -0.15) is 0 Å². The smallest absolute Gasteiger partial charge is 0.323 e. The van der Waals surface area contributed by atoms with Crippen LogP contribution >= 0.6 is 11.6 Å². The molecule has 3 rings (SSSR count). The normalized spacial score (nSPS) is 25.6. The number of benzene rings is 1. The van der Waals surface area contributed by atoms with Gasteiger partial charge in [-0.15, -0.1) is 0 Å². The van der Waals surface area contributed by atoms with Crippen LogP contribution in [-0.4, -0.2) is 47.7 Å². The number of rotatable bonds is 4. The van der Waals surface area contributed by atoms with E-state index in [-0.39, 0.29) is 12.6 Å². The molecule has 4 nitrogen and oxygen atoms in total. The lowest BCUT2D eigenvalue weighted by Crippen LogP contribution is -2.45. The molecular weight excluding hydrogens is 276 g/mol. The maximum absolute atomic E-state index is 11.2. The van der Waals surface area contributed by atoms with Gasteiger partial charge in [0.2, 0.25) is 0 Å². The molecule has 2 fully saturated rings. The average molecular weight is 295 g/mol. The fourth-order valence-corrected chi connectivity index (χ4v) is 3.80. The van der Waals surface area contributed by atoms with Crippen LogP contribution < -0.4 is 4.90 Å². The van der Waals surface area contributed by atoms with Gasteiger partial charge in [-0.1, -0.05) is 17.7 Å². The number of hydrogen-bond donors (Lipinski definition) is 1. The molecule has 0 amide bonds. The van der Waals surface area contributed by atoms with Crippen molar-refractivity contribution in [3.05, 3.63) is 29.3 Å². The van der Waals surface area contributed by atoms with Crippen LogP contribution in [-0.2, 0) is 4.79 Å². The number of aliphatic carboxylic acids is 1. The summed E-state index contributed by atoms with van der Waals surface area (Å²) < 4.78 is 0. The lowest BCUT2D eigenvalue weighted by molar-refractivity contribution is -0.135. The first-order chi connectivity index (χ1) is 9.65. The first-order valence-electron chi connectivity index (χ1n) is 7.13. The molecule has 2 aliphatic heterocycles. The van der Waals surface area contributed by atoms with Crippen LogP contribution in [0, 0.1) is 0 Å². The maximum Gasteiger partial charge on any atom is 0.323 e. The van der Waals surface area contributed by atoms with Crippen LogP contribution in [0.5, 0.6) is 0 Å². The van der Waals surface area contributed by atoms with Gasteiger partial charge < -0.3 is 10.0 Å². The highest BCUT2D eigenvalue weighted by molar-refractivity contribution is 6.30. The van der Waals surface area contributed by atoms with Crippen LogP contribution in [0.3, 0.4) is 0 Å². The largest absolute Gasteiger partial charge is 0.480 e. The zero-order chi connectivity index (χ0) is 14.1. The monoisotopic (exact) mass is 294 g/mol. The van der Waals surface area contributed by atoms with E-state index < -0.39 is 5.97 Å². The number of halogens is 1. The Labute approximate surface area is 123 Å². The molecule has 108 valence electrons. The lowest BCUT2D eigenvalue weighted by atomic mass is 10.0. The molecule has 2 saturated heterocycles. The minimum atomic E-state index is -0.790. The van der Waals surface area contributed by atoms with Crippen molar-refractivity contribution in [1.82, 2.24) is 4.90 Å². The predicted molar refractivity (Wildman–Crippen MR) is 79.4 cm³/mol. The summed E-state index contributed by atoms with van der Waals surface area (Å²) in [5, 5.41) is 9.88. The summed E-state index contributed by atoms with van der Waals surface area (Å²) in [6, 6.07) is 8.29. The molecule has 2 atom stereocenters. The number of fused-ring (bicyclic) bond motifs is 1. The minimum Gasteiger partial charge on any atom is -0.480 e. The van der Waals surface area contributed by atoms with Gasteiger partial charge >= 0.3 is 5.97 Å². The number of carboxylic acids is 1. The summed E-state index contributed by atoms with van der Waals surface area (Å²) in [5.41, 5.74) is 0.915. The van der Waals surface area contributed by atoms with Crippen LogP contribution in [0.2, 0.25) is 5.02 Å². The molecule has 0 aromatic heterocycles. The molecule has 2 heterocycles. The van der Waals surface area contributed by atoms with E-state index >= 15 is 0 Å². The van der Waals surface area contributed by atoms with E-state index in [1.54, 1.807) is 0 Å². The number of hydrogen-bond acceptors (Lipinski definition) is 3. The Morgan fingerprint density at radius 3 is 3.00 bits per heavy atom. The van der Waals surface area contributed by atoms with Gasteiger partial charge in [-0.25, -0.2) is 0 Å². The molecule has 2 unspecified atom stereocenters. The van der Waals surface area contributed by atoms with Crippen LogP contribution in [0.1, 0.15) is 19.3 Å². The van der Waals surface area contributed by atoms with Crippen molar-refractivity contribution < 1.29 is 9.90 Å². The fraction of sp³-hybridized carbons (Fsp3) is 0.533. The highest BCUT2D eigenvalue weighted by Gasteiger charge is 2.40. The standard InChI is InChI=1S/C15H19ClN2O2/c16-11-3-1-4-12(9-11)18(10-15(19)20)14-6-8-17-7-2-5-13(14)17/h1,3-4,9,13-14H,2,5-8,10H2,(H,19,20). The van der Waals surface area contributed by atoms with Crippen molar-refractivity contribution in [1.29, 1.82) is 0 Å². The summed E-state index contributed by atoms with van der Waals surface area (Å²) in [7, 11) is 0. The summed E-state index contributed by atoms with van der Waals surface area (Å²) in [5.74, 6) is -0.790. The van der Waals surface area contributed by atoms with Crippen molar-refractivity contribution in [3.8, 4) is 0 Å². The van der Waals surface area contributed by atoms with Gasteiger partial charge in [-0.3, -0.25) is 9.69 Å². The number of anilines is 1. The van der Waals surface area contributed by atoms with E-state index in [0.717, 1.165) is 25.2 Å². The Bertz CT molecular complexity index is 508. The van der Waals surface area contributed by atoms with E-state index in [1.165, 1.54) is 12.8 Å². The summed E-state index contributed by atoms with van der Waals surface area (Å²) >= 11 is 6.06. The van der Waals surface area contributed by atoms with Crippen LogP contribution in [0.25, 0.3) is 0 Å². The SMILES string of the molecule is O=C(O)CN(c1cccc(Cl)c1)C1CCN2CCCC12. The minimum absolute atomic E-state index is 0.0371. The number of carbonyl (C=O) groups is 1. The third kappa shape index (κ3) is 2.63. The molecular formula is C15H19ClN2O2. The van der Waals surface area contributed by atoms with Gasteiger partial charge in [-0.05, 0) is 44.0 Å². The summed E-state index contributed by atoms with van der Waals surface area (Å²) in [6.45, 7) is 2.26. The van der Waals surface area contributed by atoms with Gasteiger partial charge in [0.05, 0.1) is 0 Å². The second-order valence-corrected chi connectivity index (χ2v) is 6.04. The third-order valence-electron chi connectivity index (χ3n) is 4.42. The van der Waals surface area contributed by atoms with E-state index in [2.05, 4.69) is 4.90 Å². The first kappa shape index (κ1) is 13.7. The number of carboxylic acid groups (broad SMARTS) is 1. The zero-order valence-corrected chi connectivity index (χ0v) is 12.1. The van der Waals surface area contributed by atoms with Crippen molar-refractivity contribution in [2.45, 2.75) is 31.3 Å². The molecule has 20 heavy (non-hydrogen) atoms. The Kier molecular flexibility index (Phi) is 3.85. The average Bonchev–Trinajstić information content (AvgIpc) is 2.98. The van der Waals surface area contributed by atoms with E-state index in [4.69, 9.17) is 11.6 Å². The Morgan fingerprint density at radius 1 is 1.40 bits per heavy atom. The van der Waals surface area contributed by atoms with Crippen molar-refractivity contribution in [2.75, 3.05) is 24.5 Å². The van der Waals surface area contributed by atoms with Crippen molar-refractivity contribution >= 4 is 23.3 Å². The Balaban J connectivity index is 1.88. The second-order valence-electron chi connectivity index (χ2n) is 5.60. The molecule has 0 radical (unpaired) electrons. The van der Waals surface area contributed by atoms with Gasteiger partial charge in [0.1, 0.15) is 6.54 Å². The second kappa shape index (κ2) is 5.62. The highest BCUT2D eigenvalue weighted by atomic mass is 35.5. The van der Waals surface area contributed by atoms with Crippen molar-refractivity contribution in [3.63, 3.8) is 0 Å². The van der Waals surface area contributed by atoms with Gasteiger partial charge in [0.25, 0.3) is 0 Å². The van der Waals surface area contributed by atoms with E-state index in [0.29, 0.717) is 11.1 Å². The molecule has 0 aliphatic carbocycles. The van der Waals surface area contributed by atoms with Crippen LogP contribution in [0.4, 0.5) is 5.69 Å². The Morgan fingerprint density at radius 2 is 2.25 bits per heavy atom. The first-order valence-corrected chi connectivity index (χ1v) is 7.51. The summed E-state index contributed by atoms with van der Waals surface area (Å²) in [6.07, 6.45) is 3.42. The molecule has 0 spiro atoms. The van der Waals surface area contributed by atoms with Gasteiger partial charge in [0, 0.05) is 29.3 Å². The molecule has 1 aromatic carbocycles. The zero-order valence-electron chi connectivity index (χ0n) is 11.3. The van der Waals surface area contributed by atoms with E-state index in [9.17, 15) is 9.90 Å². The topological polar surface area (TPSA) is 43.8 Å². The lowest BCUT2D eigenvalue weighted by Gasteiger charge is -2.33. The third-order valence-corrected chi connectivity index (χ3v) is 4.65. The molecule has 0 bridgehead atoms. The predicted octanol–water partition coefficient (Wildman–Crippen LogP) is 2.47. The maximum atomic E-state index is 11.2. The molecule has 0 saturated carbocycles. The molecule has 1 aromatic rings. The molecule has 1 N–H and O–H groups in total. The molecule has 2 aliphatic rings. The number of nitrogens with zero attached hydrogens (tertiary/aromatic N) is 2. The van der Waals surface area contributed by atoms with Crippen LogP contribution in [0.15, 0.2) is 24.3 Å². The quantitative estimate of drug-likeness (QED) is 0.926.